The lowest BCUT2D eigenvalue weighted by Crippen LogP contribution is -2.59. The van der Waals surface area contributed by atoms with Gasteiger partial charge in [-0.15, -0.1) is 0 Å². The molecule has 1 aliphatic carbocycles. The van der Waals surface area contributed by atoms with Crippen LogP contribution in [-0.4, -0.2) is 91.6 Å². The van der Waals surface area contributed by atoms with Gasteiger partial charge in [0, 0.05) is 39.3 Å². The third kappa shape index (κ3) is 5.84. The van der Waals surface area contributed by atoms with Gasteiger partial charge in [-0.3, -0.25) is 14.5 Å². The van der Waals surface area contributed by atoms with Crippen molar-refractivity contribution in [3.63, 3.8) is 0 Å². The highest BCUT2D eigenvalue weighted by Gasteiger charge is 2.39. The molecule has 1 atom stereocenters. The van der Waals surface area contributed by atoms with Crippen LogP contribution in [0.1, 0.15) is 31.2 Å². The van der Waals surface area contributed by atoms with Crippen LogP contribution in [0.4, 0.5) is 0 Å². The fourth-order valence-electron chi connectivity index (χ4n) is 5.07. The molecule has 2 aliphatic heterocycles. The standard InChI is InChI=1S/C24H35N3O4/c28-22(19-31-18-20-6-2-1-3-7-20)25-10-12-26(13-11-25)23(21-8-4-5-9-21)24(29)27-14-16-30-17-15-27/h1-3,6-7,21,23H,4-5,8-19H2. The Morgan fingerprint density at radius 1 is 0.935 bits per heavy atom. The maximum atomic E-state index is 13.4. The Kier molecular flexibility index (Phi) is 7.94. The lowest BCUT2D eigenvalue weighted by atomic mass is 9.94. The molecule has 2 amide bonds. The average molecular weight is 430 g/mol. The Morgan fingerprint density at radius 3 is 2.29 bits per heavy atom. The first-order valence-electron chi connectivity index (χ1n) is 11.7. The molecule has 170 valence electrons. The van der Waals surface area contributed by atoms with Crippen LogP contribution in [0.25, 0.3) is 0 Å². The normalized spacial score (nSPS) is 21.9. The molecule has 1 unspecified atom stereocenters. The summed E-state index contributed by atoms with van der Waals surface area (Å²) in [5.41, 5.74) is 1.07. The van der Waals surface area contributed by atoms with Crippen molar-refractivity contribution >= 4 is 11.8 Å². The molecule has 31 heavy (non-hydrogen) atoms. The van der Waals surface area contributed by atoms with Crippen LogP contribution in [0.3, 0.4) is 0 Å². The van der Waals surface area contributed by atoms with Crippen LogP contribution >= 0.6 is 0 Å². The highest BCUT2D eigenvalue weighted by atomic mass is 16.5. The van der Waals surface area contributed by atoms with E-state index in [-0.39, 0.29) is 24.5 Å². The molecule has 1 aromatic carbocycles. The largest absolute Gasteiger partial charge is 0.378 e. The number of carbonyl (C=O) groups is 2. The van der Waals surface area contributed by atoms with Crippen LogP contribution in [0.15, 0.2) is 30.3 Å². The predicted molar refractivity (Wildman–Crippen MR) is 117 cm³/mol. The highest BCUT2D eigenvalue weighted by molar-refractivity contribution is 5.82. The quantitative estimate of drug-likeness (QED) is 0.661. The molecular formula is C24H35N3O4. The molecule has 1 saturated carbocycles. The van der Waals surface area contributed by atoms with Gasteiger partial charge in [0.15, 0.2) is 0 Å². The van der Waals surface area contributed by atoms with E-state index in [9.17, 15) is 9.59 Å². The molecule has 3 aliphatic rings. The summed E-state index contributed by atoms with van der Waals surface area (Å²) in [6.45, 7) is 6.03. The zero-order chi connectivity index (χ0) is 21.5. The van der Waals surface area contributed by atoms with E-state index in [1.807, 2.05) is 40.1 Å². The van der Waals surface area contributed by atoms with E-state index in [0.29, 0.717) is 51.9 Å². The Morgan fingerprint density at radius 2 is 1.61 bits per heavy atom. The van der Waals surface area contributed by atoms with Crippen LogP contribution in [0, 0.1) is 5.92 Å². The number of nitrogens with zero attached hydrogens (tertiary/aromatic N) is 3. The second kappa shape index (κ2) is 11.1. The number of morpholine rings is 1. The molecule has 0 aromatic heterocycles. The van der Waals surface area contributed by atoms with E-state index in [1.165, 1.54) is 12.8 Å². The van der Waals surface area contributed by atoms with Crippen LogP contribution < -0.4 is 0 Å². The van der Waals surface area contributed by atoms with Gasteiger partial charge < -0.3 is 19.3 Å². The molecule has 7 heteroatoms. The molecule has 0 radical (unpaired) electrons. The summed E-state index contributed by atoms with van der Waals surface area (Å²) in [7, 11) is 0. The second-order valence-corrected chi connectivity index (χ2v) is 8.82. The Hall–Kier alpha value is -1.96. The van der Waals surface area contributed by atoms with Gasteiger partial charge in [-0.2, -0.15) is 0 Å². The summed E-state index contributed by atoms with van der Waals surface area (Å²) < 4.78 is 11.1. The van der Waals surface area contributed by atoms with Gasteiger partial charge >= 0.3 is 0 Å². The lowest BCUT2D eigenvalue weighted by molar-refractivity contribution is -0.146. The minimum absolute atomic E-state index is 0.0347. The first-order valence-corrected chi connectivity index (χ1v) is 11.7. The van der Waals surface area contributed by atoms with Crippen LogP contribution in [0.5, 0.6) is 0 Å². The van der Waals surface area contributed by atoms with Crippen molar-refractivity contribution in [1.29, 1.82) is 0 Å². The van der Waals surface area contributed by atoms with Gasteiger partial charge in [-0.1, -0.05) is 43.2 Å². The maximum Gasteiger partial charge on any atom is 0.248 e. The monoisotopic (exact) mass is 429 g/mol. The van der Waals surface area contributed by atoms with Crippen LogP contribution in [0.2, 0.25) is 0 Å². The summed E-state index contributed by atoms with van der Waals surface area (Å²) in [5, 5.41) is 0. The number of rotatable bonds is 7. The molecule has 2 heterocycles. The average Bonchev–Trinajstić information content (AvgIpc) is 3.35. The number of ether oxygens (including phenoxy) is 2. The zero-order valence-electron chi connectivity index (χ0n) is 18.4. The summed E-state index contributed by atoms with van der Waals surface area (Å²) >= 11 is 0. The van der Waals surface area contributed by atoms with Gasteiger partial charge in [0.1, 0.15) is 6.61 Å². The van der Waals surface area contributed by atoms with Crippen molar-refractivity contribution in [3.8, 4) is 0 Å². The van der Waals surface area contributed by atoms with Gasteiger partial charge in [-0.25, -0.2) is 0 Å². The summed E-state index contributed by atoms with van der Waals surface area (Å²) in [4.78, 5) is 32.2. The predicted octanol–water partition coefficient (Wildman–Crippen LogP) is 1.76. The fourth-order valence-corrected chi connectivity index (χ4v) is 5.07. The Balaban J connectivity index is 1.28. The Bertz CT molecular complexity index is 709. The first-order chi connectivity index (χ1) is 15.2. The molecule has 1 aromatic rings. The number of hydrogen-bond acceptors (Lipinski definition) is 5. The minimum Gasteiger partial charge on any atom is -0.378 e. The van der Waals surface area contributed by atoms with Crippen molar-refractivity contribution in [3.05, 3.63) is 35.9 Å². The molecule has 3 fully saturated rings. The van der Waals surface area contributed by atoms with Crippen LogP contribution in [-0.2, 0) is 25.7 Å². The van der Waals surface area contributed by atoms with Crippen molar-refractivity contribution in [2.45, 2.75) is 38.3 Å². The molecule has 2 saturated heterocycles. The molecule has 4 rings (SSSR count). The SMILES string of the molecule is O=C(COCc1ccccc1)N1CCN(C(C(=O)N2CCOCC2)C2CCCC2)CC1. The van der Waals surface area contributed by atoms with Crippen molar-refractivity contribution in [2.75, 3.05) is 59.1 Å². The van der Waals surface area contributed by atoms with Crippen molar-refractivity contribution in [2.24, 2.45) is 5.92 Å². The number of carbonyl (C=O) groups excluding carboxylic acids is 2. The summed E-state index contributed by atoms with van der Waals surface area (Å²) in [6.07, 6.45) is 4.70. The van der Waals surface area contributed by atoms with E-state index in [1.54, 1.807) is 0 Å². The van der Waals surface area contributed by atoms with Gasteiger partial charge in [0.25, 0.3) is 0 Å². The fraction of sp³-hybridized carbons (Fsp3) is 0.667. The summed E-state index contributed by atoms with van der Waals surface area (Å²) in [6, 6.07) is 9.86. The number of amides is 2. The number of piperazine rings is 1. The molecule has 0 N–H and O–H groups in total. The highest BCUT2D eigenvalue weighted by Crippen LogP contribution is 2.32. The third-order valence-corrected chi connectivity index (χ3v) is 6.82. The lowest BCUT2D eigenvalue weighted by Gasteiger charge is -2.43. The van der Waals surface area contributed by atoms with E-state index in [4.69, 9.17) is 9.47 Å². The topological polar surface area (TPSA) is 62.3 Å². The first kappa shape index (κ1) is 22.2. The zero-order valence-corrected chi connectivity index (χ0v) is 18.4. The molecule has 0 bridgehead atoms. The number of benzene rings is 1. The number of hydrogen-bond donors (Lipinski definition) is 0. The molecule has 0 spiro atoms. The third-order valence-electron chi connectivity index (χ3n) is 6.82. The smallest absolute Gasteiger partial charge is 0.248 e. The van der Waals surface area contributed by atoms with E-state index >= 15 is 0 Å². The van der Waals surface area contributed by atoms with Gasteiger partial charge in [-0.05, 0) is 24.3 Å². The van der Waals surface area contributed by atoms with Crippen molar-refractivity contribution < 1.29 is 19.1 Å². The molecule has 7 nitrogen and oxygen atoms in total. The molecular weight excluding hydrogens is 394 g/mol. The van der Waals surface area contributed by atoms with E-state index in [2.05, 4.69) is 4.90 Å². The minimum atomic E-state index is -0.0489. The van der Waals surface area contributed by atoms with E-state index < -0.39 is 0 Å². The van der Waals surface area contributed by atoms with E-state index in [0.717, 1.165) is 31.5 Å². The Labute approximate surface area is 185 Å². The summed E-state index contributed by atoms with van der Waals surface area (Å²) in [5.74, 6) is 0.737. The van der Waals surface area contributed by atoms with Gasteiger partial charge in [0.05, 0.1) is 25.9 Å². The second-order valence-electron chi connectivity index (χ2n) is 8.82. The van der Waals surface area contributed by atoms with Gasteiger partial charge in [0.2, 0.25) is 11.8 Å². The van der Waals surface area contributed by atoms with Crippen molar-refractivity contribution in [1.82, 2.24) is 14.7 Å². The maximum absolute atomic E-state index is 13.4.